The molecule has 0 spiro atoms. The van der Waals surface area contributed by atoms with Gasteiger partial charge in [0.2, 0.25) is 0 Å². The van der Waals surface area contributed by atoms with E-state index in [0.29, 0.717) is 16.0 Å². The van der Waals surface area contributed by atoms with Gasteiger partial charge in [-0.3, -0.25) is 0 Å². The van der Waals surface area contributed by atoms with Gasteiger partial charge in [0, 0.05) is 11.8 Å². The van der Waals surface area contributed by atoms with Gasteiger partial charge in [-0.2, -0.15) is 0 Å². The fourth-order valence-corrected chi connectivity index (χ4v) is 3.59. The summed E-state index contributed by atoms with van der Waals surface area (Å²) in [6.07, 6.45) is 2.85. The lowest BCUT2D eigenvalue weighted by Gasteiger charge is -2.22. The number of nitrogens with zero attached hydrogens (tertiary/aromatic N) is 2. The Morgan fingerprint density at radius 2 is 2.05 bits per heavy atom. The highest BCUT2D eigenvalue weighted by Gasteiger charge is 2.26. The Balaban J connectivity index is 2.11. The SMILES string of the molecule is CC1Cc2c(nc3c(Cl)cc(Cl)cn23)-c2ccccc21. The molecule has 1 atom stereocenters. The van der Waals surface area contributed by atoms with Crippen molar-refractivity contribution in [3.8, 4) is 11.3 Å². The average Bonchev–Trinajstić information content (AvgIpc) is 2.79. The minimum absolute atomic E-state index is 0.469. The van der Waals surface area contributed by atoms with Crippen molar-refractivity contribution in [1.29, 1.82) is 0 Å². The Morgan fingerprint density at radius 3 is 2.90 bits per heavy atom. The largest absolute Gasteiger partial charge is 0.301 e. The summed E-state index contributed by atoms with van der Waals surface area (Å²) in [5.74, 6) is 0.469. The highest BCUT2D eigenvalue weighted by atomic mass is 35.5. The van der Waals surface area contributed by atoms with Crippen LogP contribution >= 0.6 is 23.2 Å². The fraction of sp³-hybridized carbons (Fsp3) is 0.188. The molecule has 100 valence electrons. The van der Waals surface area contributed by atoms with E-state index < -0.39 is 0 Å². The topological polar surface area (TPSA) is 17.3 Å². The van der Waals surface area contributed by atoms with Crippen LogP contribution in [0.3, 0.4) is 0 Å². The summed E-state index contributed by atoms with van der Waals surface area (Å²) >= 11 is 12.4. The van der Waals surface area contributed by atoms with E-state index in [1.165, 1.54) is 16.8 Å². The third-order valence-electron chi connectivity index (χ3n) is 3.99. The van der Waals surface area contributed by atoms with E-state index in [1.807, 2.05) is 10.6 Å². The maximum absolute atomic E-state index is 6.28. The molecule has 1 aliphatic carbocycles. The molecule has 20 heavy (non-hydrogen) atoms. The van der Waals surface area contributed by atoms with Gasteiger partial charge >= 0.3 is 0 Å². The van der Waals surface area contributed by atoms with Crippen LogP contribution in [0.2, 0.25) is 10.0 Å². The predicted molar refractivity (Wildman–Crippen MR) is 82.8 cm³/mol. The van der Waals surface area contributed by atoms with E-state index in [9.17, 15) is 0 Å². The maximum Gasteiger partial charge on any atom is 0.156 e. The third kappa shape index (κ3) is 1.62. The van der Waals surface area contributed by atoms with E-state index >= 15 is 0 Å². The molecule has 1 aromatic carbocycles. The zero-order valence-corrected chi connectivity index (χ0v) is 12.4. The van der Waals surface area contributed by atoms with Crippen LogP contribution in [0.25, 0.3) is 16.9 Å². The number of hydrogen-bond donors (Lipinski definition) is 0. The number of imidazole rings is 1. The van der Waals surface area contributed by atoms with E-state index in [-0.39, 0.29) is 0 Å². The molecule has 4 rings (SSSR count). The maximum atomic E-state index is 6.28. The van der Waals surface area contributed by atoms with Crippen LogP contribution in [0.1, 0.15) is 24.1 Å². The van der Waals surface area contributed by atoms with E-state index in [2.05, 4.69) is 31.2 Å². The molecule has 2 heterocycles. The molecule has 2 aromatic heterocycles. The van der Waals surface area contributed by atoms with E-state index in [0.717, 1.165) is 17.8 Å². The molecule has 1 aliphatic rings. The lowest BCUT2D eigenvalue weighted by molar-refractivity contribution is 0.724. The van der Waals surface area contributed by atoms with Crippen LogP contribution in [-0.4, -0.2) is 9.38 Å². The molecule has 3 aromatic rings. The zero-order chi connectivity index (χ0) is 13.9. The molecule has 0 radical (unpaired) electrons. The Bertz CT molecular complexity index is 836. The summed E-state index contributed by atoms with van der Waals surface area (Å²) in [4.78, 5) is 4.74. The second kappa shape index (κ2) is 4.24. The second-order valence-electron chi connectivity index (χ2n) is 5.30. The van der Waals surface area contributed by atoms with Gasteiger partial charge in [-0.05, 0) is 24.0 Å². The quantitative estimate of drug-likeness (QED) is 0.573. The molecule has 1 unspecified atom stereocenters. The summed E-state index contributed by atoms with van der Waals surface area (Å²) < 4.78 is 2.03. The van der Waals surface area contributed by atoms with Crippen LogP contribution in [0.15, 0.2) is 36.5 Å². The minimum Gasteiger partial charge on any atom is -0.301 e. The van der Waals surface area contributed by atoms with Crippen molar-refractivity contribution < 1.29 is 0 Å². The third-order valence-corrected chi connectivity index (χ3v) is 4.47. The number of benzene rings is 1. The van der Waals surface area contributed by atoms with Gasteiger partial charge < -0.3 is 4.40 Å². The van der Waals surface area contributed by atoms with Gasteiger partial charge in [0.25, 0.3) is 0 Å². The Hall–Kier alpha value is -1.51. The summed E-state index contributed by atoms with van der Waals surface area (Å²) in [7, 11) is 0. The standard InChI is InChI=1S/C16H12Cl2N2/c1-9-6-14-15(12-5-3-2-4-11(9)12)19-16-13(18)7-10(17)8-20(14)16/h2-5,7-9H,6H2,1H3. The van der Waals surface area contributed by atoms with Crippen molar-refractivity contribution in [2.24, 2.45) is 0 Å². The van der Waals surface area contributed by atoms with Gasteiger partial charge in [-0.1, -0.05) is 54.4 Å². The van der Waals surface area contributed by atoms with Crippen LogP contribution in [-0.2, 0) is 6.42 Å². The normalized spacial score (nSPS) is 17.1. The Labute approximate surface area is 127 Å². The number of aromatic nitrogens is 2. The molecular formula is C16H12Cl2N2. The number of halogens is 2. The molecule has 0 amide bonds. The minimum atomic E-state index is 0.469. The van der Waals surface area contributed by atoms with Crippen LogP contribution in [0.5, 0.6) is 0 Å². The van der Waals surface area contributed by atoms with Crippen molar-refractivity contribution >= 4 is 28.8 Å². The number of rotatable bonds is 0. The molecule has 0 N–H and O–H groups in total. The molecule has 0 saturated heterocycles. The van der Waals surface area contributed by atoms with Crippen LogP contribution in [0.4, 0.5) is 0 Å². The summed E-state index contributed by atoms with van der Waals surface area (Å²) in [5, 5.41) is 1.23. The van der Waals surface area contributed by atoms with Crippen molar-refractivity contribution in [3.05, 3.63) is 57.8 Å². The number of fused-ring (bicyclic) bond motifs is 5. The molecule has 2 nitrogen and oxygen atoms in total. The molecule has 4 heteroatoms. The first kappa shape index (κ1) is 12.2. The van der Waals surface area contributed by atoms with Crippen molar-refractivity contribution in [3.63, 3.8) is 0 Å². The summed E-state index contributed by atoms with van der Waals surface area (Å²) in [6.45, 7) is 2.24. The number of pyridine rings is 1. The summed E-state index contributed by atoms with van der Waals surface area (Å²) in [5.41, 5.74) is 5.56. The zero-order valence-electron chi connectivity index (χ0n) is 10.9. The average molecular weight is 303 g/mol. The predicted octanol–water partition coefficient (Wildman–Crippen LogP) is 4.97. The monoisotopic (exact) mass is 302 g/mol. The van der Waals surface area contributed by atoms with Gasteiger partial charge in [0.05, 0.1) is 21.4 Å². The van der Waals surface area contributed by atoms with Gasteiger partial charge in [0.15, 0.2) is 5.65 Å². The highest BCUT2D eigenvalue weighted by molar-refractivity contribution is 6.36. The Kier molecular flexibility index (Phi) is 2.60. The van der Waals surface area contributed by atoms with Crippen molar-refractivity contribution in [2.45, 2.75) is 19.3 Å². The Morgan fingerprint density at radius 1 is 1.25 bits per heavy atom. The molecule has 0 fully saturated rings. The first-order valence-electron chi connectivity index (χ1n) is 6.60. The summed E-state index contributed by atoms with van der Waals surface area (Å²) in [6, 6.07) is 10.2. The van der Waals surface area contributed by atoms with Crippen molar-refractivity contribution in [1.82, 2.24) is 9.38 Å². The lowest BCUT2D eigenvalue weighted by Crippen LogP contribution is -2.09. The van der Waals surface area contributed by atoms with Crippen LogP contribution in [0, 0.1) is 0 Å². The van der Waals surface area contributed by atoms with E-state index in [4.69, 9.17) is 28.2 Å². The van der Waals surface area contributed by atoms with E-state index in [1.54, 1.807) is 6.07 Å². The molecule has 0 saturated carbocycles. The fourth-order valence-electron chi connectivity index (χ4n) is 3.07. The number of hydrogen-bond acceptors (Lipinski definition) is 1. The highest BCUT2D eigenvalue weighted by Crippen LogP contribution is 2.40. The second-order valence-corrected chi connectivity index (χ2v) is 6.14. The van der Waals surface area contributed by atoms with Crippen molar-refractivity contribution in [2.75, 3.05) is 0 Å². The van der Waals surface area contributed by atoms with Gasteiger partial charge in [-0.25, -0.2) is 4.98 Å². The van der Waals surface area contributed by atoms with Crippen LogP contribution < -0.4 is 0 Å². The molecule has 0 bridgehead atoms. The van der Waals surface area contributed by atoms with Gasteiger partial charge in [-0.15, -0.1) is 0 Å². The first-order chi connectivity index (χ1) is 9.65. The molecular weight excluding hydrogens is 291 g/mol. The molecule has 0 aliphatic heterocycles. The first-order valence-corrected chi connectivity index (χ1v) is 7.36. The lowest BCUT2D eigenvalue weighted by atomic mass is 9.84. The van der Waals surface area contributed by atoms with Gasteiger partial charge in [0.1, 0.15) is 0 Å². The smallest absolute Gasteiger partial charge is 0.156 e.